The van der Waals surface area contributed by atoms with Crippen LogP contribution in [0.25, 0.3) is 11.3 Å². The number of H-pyrrole nitrogens is 1. The minimum absolute atomic E-state index is 1.18. The number of aromatic nitrogens is 1. The van der Waals surface area contributed by atoms with E-state index in [1.54, 1.807) is 0 Å². The van der Waals surface area contributed by atoms with E-state index in [1.807, 2.05) is 6.20 Å². The molecule has 1 heteroatoms. The van der Waals surface area contributed by atoms with Gasteiger partial charge in [-0.25, -0.2) is 0 Å². The van der Waals surface area contributed by atoms with Gasteiger partial charge in [0.2, 0.25) is 0 Å². The van der Waals surface area contributed by atoms with Gasteiger partial charge in [-0.05, 0) is 80.5 Å². The lowest BCUT2D eigenvalue weighted by Crippen LogP contribution is -2.03. The summed E-state index contributed by atoms with van der Waals surface area (Å²) in [4.78, 5) is 3.38. The third-order valence-electron chi connectivity index (χ3n) is 4.46. The highest BCUT2D eigenvalue weighted by molar-refractivity contribution is 5.72. The Morgan fingerprint density at radius 2 is 1.63 bits per heavy atom. The second-order valence-corrected chi connectivity index (χ2v) is 5.54. The van der Waals surface area contributed by atoms with Crippen LogP contribution in [-0.2, 0) is 6.42 Å². The average Bonchev–Trinajstić information content (AvgIpc) is 2.92. The quantitative estimate of drug-likeness (QED) is 0.767. The third-order valence-corrected chi connectivity index (χ3v) is 4.46. The Morgan fingerprint density at radius 3 is 2.21 bits per heavy atom. The Bertz CT molecular complexity index is 562. The Labute approximate surface area is 117 Å². The lowest BCUT2D eigenvalue weighted by Gasteiger charge is -2.20. The highest BCUT2D eigenvalue weighted by Gasteiger charge is 2.16. The van der Waals surface area contributed by atoms with Crippen molar-refractivity contribution >= 4 is 0 Å². The predicted molar refractivity (Wildman–Crippen MR) is 83.8 cm³/mol. The van der Waals surface area contributed by atoms with E-state index in [1.165, 1.54) is 58.3 Å². The molecule has 0 spiro atoms. The summed E-state index contributed by atoms with van der Waals surface area (Å²) in [6.45, 7) is 11.3. The first-order chi connectivity index (χ1) is 9.07. The van der Waals surface area contributed by atoms with E-state index >= 15 is 0 Å². The molecule has 0 amide bonds. The summed E-state index contributed by atoms with van der Waals surface area (Å²) in [5.41, 5.74) is 10.0. The van der Waals surface area contributed by atoms with Crippen molar-refractivity contribution in [1.82, 2.24) is 4.98 Å². The van der Waals surface area contributed by atoms with Crippen LogP contribution in [0, 0.1) is 27.7 Å². The molecule has 1 N–H and O–H groups in total. The standard InChI is InChI=1S/C18H25N/c1-6-7-9-16-14(4)12(2)13(3)15(5)18(16)17-10-8-11-19-17/h8,10-11,19H,6-7,9H2,1-5H3. The summed E-state index contributed by atoms with van der Waals surface area (Å²) in [7, 11) is 0. The van der Waals surface area contributed by atoms with Crippen molar-refractivity contribution in [2.24, 2.45) is 0 Å². The first-order valence-electron chi connectivity index (χ1n) is 7.30. The SMILES string of the molecule is CCCCc1c(C)c(C)c(C)c(C)c1-c1ccc[nH]1. The molecule has 0 aliphatic carbocycles. The first kappa shape index (κ1) is 13.9. The second kappa shape index (κ2) is 5.64. The Balaban J connectivity index is 2.68. The fourth-order valence-corrected chi connectivity index (χ4v) is 2.91. The fraction of sp³-hybridized carbons (Fsp3) is 0.444. The lowest BCUT2D eigenvalue weighted by molar-refractivity contribution is 0.790. The summed E-state index contributed by atoms with van der Waals surface area (Å²) in [6, 6.07) is 4.27. The average molecular weight is 255 g/mol. The molecule has 0 radical (unpaired) electrons. The molecule has 0 aliphatic heterocycles. The van der Waals surface area contributed by atoms with Crippen LogP contribution in [0.1, 0.15) is 47.6 Å². The van der Waals surface area contributed by atoms with Gasteiger partial charge in [-0.1, -0.05) is 13.3 Å². The van der Waals surface area contributed by atoms with Gasteiger partial charge >= 0.3 is 0 Å². The van der Waals surface area contributed by atoms with Gasteiger partial charge in [-0.2, -0.15) is 0 Å². The Hall–Kier alpha value is -1.50. The minimum Gasteiger partial charge on any atom is -0.361 e. The number of benzene rings is 1. The van der Waals surface area contributed by atoms with Crippen molar-refractivity contribution in [1.29, 1.82) is 0 Å². The minimum atomic E-state index is 1.18. The lowest BCUT2D eigenvalue weighted by atomic mass is 9.85. The van der Waals surface area contributed by atoms with E-state index in [9.17, 15) is 0 Å². The summed E-state index contributed by atoms with van der Waals surface area (Å²) in [6.07, 6.45) is 5.70. The molecule has 1 aromatic heterocycles. The highest BCUT2D eigenvalue weighted by Crippen LogP contribution is 2.34. The van der Waals surface area contributed by atoms with Crippen molar-refractivity contribution in [3.63, 3.8) is 0 Å². The molecule has 0 unspecified atom stereocenters. The maximum Gasteiger partial charge on any atom is 0.0459 e. The van der Waals surface area contributed by atoms with Gasteiger partial charge in [-0.3, -0.25) is 0 Å². The number of nitrogens with one attached hydrogen (secondary N) is 1. The summed E-state index contributed by atoms with van der Waals surface area (Å²) in [5.74, 6) is 0. The van der Waals surface area contributed by atoms with E-state index in [0.717, 1.165) is 0 Å². The van der Waals surface area contributed by atoms with Crippen molar-refractivity contribution in [2.45, 2.75) is 53.9 Å². The highest BCUT2D eigenvalue weighted by atomic mass is 14.7. The molecule has 102 valence electrons. The van der Waals surface area contributed by atoms with Gasteiger partial charge in [0.05, 0.1) is 0 Å². The number of hydrogen-bond donors (Lipinski definition) is 1. The summed E-state index contributed by atoms with van der Waals surface area (Å²) >= 11 is 0. The Morgan fingerprint density at radius 1 is 0.947 bits per heavy atom. The normalized spacial score (nSPS) is 11.0. The topological polar surface area (TPSA) is 15.8 Å². The third kappa shape index (κ3) is 2.47. The Kier molecular flexibility index (Phi) is 4.14. The molecule has 0 fully saturated rings. The number of rotatable bonds is 4. The first-order valence-corrected chi connectivity index (χ1v) is 7.30. The van der Waals surface area contributed by atoms with Crippen molar-refractivity contribution < 1.29 is 0 Å². The molecule has 2 rings (SSSR count). The van der Waals surface area contributed by atoms with E-state index in [2.05, 4.69) is 51.7 Å². The van der Waals surface area contributed by atoms with Gasteiger partial charge in [0, 0.05) is 17.5 Å². The zero-order chi connectivity index (χ0) is 14.0. The monoisotopic (exact) mass is 255 g/mol. The summed E-state index contributed by atoms with van der Waals surface area (Å²) in [5, 5.41) is 0. The van der Waals surface area contributed by atoms with Crippen LogP contribution in [0.4, 0.5) is 0 Å². The molecule has 19 heavy (non-hydrogen) atoms. The fourth-order valence-electron chi connectivity index (χ4n) is 2.91. The van der Waals surface area contributed by atoms with Gasteiger partial charge in [0.15, 0.2) is 0 Å². The van der Waals surface area contributed by atoms with E-state index in [-0.39, 0.29) is 0 Å². The second-order valence-electron chi connectivity index (χ2n) is 5.54. The largest absolute Gasteiger partial charge is 0.361 e. The van der Waals surface area contributed by atoms with Crippen LogP contribution in [0.15, 0.2) is 18.3 Å². The van der Waals surface area contributed by atoms with Crippen LogP contribution in [0.2, 0.25) is 0 Å². The molecule has 1 aromatic carbocycles. The molecule has 1 heterocycles. The molecule has 0 saturated heterocycles. The number of unbranched alkanes of at least 4 members (excludes halogenated alkanes) is 1. The molecule has 0 atom stereocenters. The molecular weight excluding hydrogens is 230 g/mol. The maximum absolute atomic E-state index is 3.38. The molecular formula is C18H25N. The zero-order valence-electron chi connectivity index (χ0n) is 12.9. The van der Waals surface area contributed by atoms with Crippen LogP contribution in [-0.4, -0.2) is 4.98 Å². The molecule has 2 aromatic rings. The molecule has 0 saturated carbocycles. The van der Waals surface area contributed by atoms with E-state index < -0.39 is 0 Å². The van der Waals surface area contributed by atoms with Gasteiger partial charge in [-0.15, -0.1) is 0 Å². The smallest absolute Gasteiger partial charge is 0.0459 e. The van der Waals surface area contributed by atoms with Crippen molar-refractivity contribution in [2.75, 3.05) is 0 Å². The maximum atomic E-state index is 3.38. The summed E-state index contributed by atoms with van der Waals surface area (Å²) < 4.78 is 0. The van der Waals surface area contributed by atoms with Crippen LogP contribution in [0.5, 0.6) is 0 Å². The van der Waals surface area contributed by atoms with E-state index in [4.69, 9.17) is 0 Å². The van der Waals surface area contributed by atoms with E-state index in [0.29, 0.717) is 0 Å². The number of hydrogen-bond acceptors (Lipinski definition) is 0. The van der Waals surface area contributed by atoms with Crippen molar-refractivity contribution in [3.8, 4) is 11.3 Å². The molecule has 0 bridgehead atoms. The van der Waals surface area contributed by atoms with Crippen LogP contribution < -0.4 is 0 Å². The number of aromatic amines is 1. The van der Waals surface area contributed by atoms with Gasteiger partial charge in [0.1, 0.15) is 0 Å². The molecule has 1 nitrogen and oxygen atoms in total. The zero-order valence-corrected chi connectivity index (χ0v) is 12.9. The van der Waals surface area contributed by atoms with Crippen molar-refractivity contribution in [3.05, 3.63) is 46.1 Å². The van der Waals surface area contributed by atoms with Gasteiger partial charge < -0.3 is 4.98 Å². The molecule has 0 aliphatic rings. The predicted octanol–water partition coefficient (Wildman–Crippen LogP) is 5.26. The van der Waals surface area contributed by atoms with Gasteiger partial charge in [0.25, 0.3) is 0 Å². The van der Waals surface area contributed by atoms with Crippen LogP contribution in [0.3, 0.4) is 0 Å². The van der Waals surface area contributed by atoms with Crippen LogP contribution >= 0.6 is 0 Å².